The molecule has 6 heteroatoms. The molecule has 0 aliphatic rings. The van der Waals surface area contributed by atoms with E-state index >= 15 is 0 Å². The van der Waals surface area contributed by atoms with Crippen molar-refractivity contribution in [3.05, 3.63) is 29.3 Å². The van der Waals surface area contributed by atoms with Crippen LogP contribution in [-0.4, -0.2) is 39.2 Å². The van der Waals surface area contributed by atoms with E-state index in [0.717, 1.165) is 56.0 Å². The van der Waals surface area contributed by atoms with Crippen LogP contribution in [0.1, 0.15) is 50.2 Å². The Morgan fingerprint density at radius 3 is 2.58 bits per heavy atom. The maximum atomic E-state index is 11.0. The highest BCUT2D eigenvalue weighted by atomic mass is 16.5. The van der Waals surface area contributed by atoms with Gasteiger partial charge in [0.15, 0.2) is 5.96 Å². The molecule has 0 bridgehead atoms. The van der Waals surface area contributed by atoms with Crippen molar-refractivity contribution in [2.75, 3.05) is 27.3 Å². The zero-order chi connectivity index (χ0) is 19.2. The van der Waals surface area contributed by atoms with Crippen LogP contribution >= 0.6 is 0 Å². The lowest BCUT2D eigenvalue weighted by molar-refractivity contribution is -0.140. The number of esters is 1. The van der Waals surface area contributed by atoms with Crippen molar-refractivity contribution in [1.29, 1.82) is 0 Å². The van der Waals surface area contributed by atoms with Gasteiger partial charge in [0.25, 0.3) is 0 Å². The minimum Gasteiger partial charge on any atom is -0.496 e. The highest BCUT2D eigenvalue weighted by molar-refractivity contribution is 5.79. The van der Waals surface area contributed by atoms with Gasteiger partial charge in [0.2, 0.25) is 0 Å². The normalized spacial score (nSPS) is 11.2. The highest BCUT2D eigenvalue weighted by Gasteiger charge is 2.04. The average molecular weight is 364 g/mol. The Labute approximate surface area is 157 Å². The van der Waals surface area contributed by atoms with Gasteiger partial charge in [-0.1, -0.05) is 25.0 Å². The summed E-state index contributed by atoms with van der Waals surface area (Å²) in [5.74, 6) is 1.55. The van der Waals surface area contributed by atoms with Crippen LogP contribution in [0.4, 0.5) is 0 Å². The molecule has 0 unspecified atom stereocenters. The summed E-state index contributed by atoms with van der Waals surface area (Å²) in [5.41, 5.74) is 2.24. The van der Waals surface area contributed by atoms with Gasteiger partial charge in [-0.2, -0.15) is 0 Å². The van der Waals surface area contributed by atoms with Gasteiger partial charge >= 0.3 is 5.97 Å². The molecule has 146 valence electrons. The Balaban J connectivity index is 2.38. The van der Waals surface area contributed by atoms with Gasteiger partial charge in [0.1, 0.15) is 5.75 Å². The van der Waals surface area contributed by atoms with Gasteiger partial charge in [-0.25, -0.2) is 4.99 Å². The lowest BCUT2D eigenvalue weighted by Crippen LogP contribution is -2.37. The molecule has 0 aliphatic carbocycles. The minimum atomic E-state index is -0.128. The van der Waals surface area contributed by atoms with Crippen LogP contribution in [0.3, 0.4) is 0 Å². The topological polar surface area (TPSA) is 72.0 Å². The van der Waals surface area contributed by atoms with Crippen LogP contribution in [0.25, 0.3) is 0 Å². The predicted molar refractivity (Wildman–Crippen MR) is 106 cm³/mol. The Bertz CT molecular complexity index is 573. The van der Waals surface area contributed by atoms with E-state index in [0.29, 0.717) is 13.0 Å². The molecular weight excluding hydrogens is 330 g/mol. The summed E-state index contributed by atoms with van der Waals surface area (Å²) in [6, 6.07) is 6.16. The zero-order valence-corrected chi connectivity index (χ0v) is 16.6. The first kappa shape index (κ1) is 21.8. The van der Waals surface area contributed by atoms with Crippen LogP contribution in [0.2, 0.25) is 0 Å². The summed E-state index contributed by atoms with van der Waals surface area (Å²) in [7, 11) is 3.12. The molecule has 1 rings (SSSR count). The number of hydrogen-bond donors (Lipinski definition) is 2. The Morgan fingerprint density at radius 2 is 1.88 bits per heavy atom. The van der Waals surface area contributed by atoms with E-state index in [1.165, 1.54) is 12.7 Å². The molecule has 2 N–H and O–H groups in total. The molecule has 0 saturated carbocycles. The van der Waals surface area contributed by atoms with Crippen molar-refractivity contribution in [1.82, 2.24) is 10.6 Å². The molecule has 0 spiro atoms. The fourth-order valence-corrected chi connectivity index (χ4v) is 2.55. The number of ether oxygens (including phenoxy) is 2. The summed E-state index contributed by atoms with van der Waals surface area (Å²) < 4.78 is 10.1. The number of carbonyl (C=O) groups excluding carboxylic acids is 1. The van der Waals surface area contributed by atoms with Crippen molar-refractivity contribution in [3.8, 4) is 5.75 Å². The SMILES string of the molecule is CCNC(=NCc1ccc(C)cc1OC)NCCCCCCC(=O)OC. The first-order valence-corrected chi connectivity index (χ1v) is 9.33. The second-order valence-electron chi connectivity index (χ2n) is 6.18. The van der Waals surface area contributed by atoms with E-state index < -0.39 is 0 Å². The molecule has 0 saturated heterocycles. The van der Waals surface area contributed by atoms with Crippen LogP contribution in [-0.2, 0) is 16.1 Å². The first-order chi connectivity index (χ1) is 12.6. The molecule has 0 aliphatic heterocycles. The fraction of sp³-hybridized carbons (Fsp3) is 0.600. The number of aryl methyl sites for hydroxylation is 1. The third kappa shape index (κ3) is 8.74. The summed E-state index contributed by atoms with van der Waals surface area (Å²) in [5, 5.41) is 6.62. The van der Waals surface area contributed by atoms with Crippen LogP contribution in [0.5, 0.6) is 5.75 Å². The van der Waals surface area contributed by atoms with E-state index in [-0.39, 0.29) is 5.97 Å². The molecule has 0 fully saturated rings. The molecule has 0 radical (unpaired) electrons. The van der Waals surface area contributed by atoms with Gasteiger partial charge in [0.05, 0.1) is 20.8 Å². The van der Waals surface area contributed by atoms with Gasteiger partial charge in [-0.3, -0.25) is 4.79 Å². The van der Waals surface area contributed by atoms with Crippen LogP contribution < -0.4 is 15.4 Å². The fourth-order valence-electron chi connectivity index (χ4n) is 2.55. The van der Waals surface area contributed by atoms with Gasteiger partial charge in [0, 0.05) is 25.1 Å². The second kappa shape index (κ2) is 13.0. The number of methoxy groups -OCH3 is 2. The van der Waals surface area contributed by atoms with Crippen molar-refractivity contribution in [3.63, 3.8) is 0 Å². The van der Waals surface area contributed by atoms with E-state index in [4.69, 9.17) is 4.74 Å². The number of benzene rings is 1. The molecule has 26 heavy (non-hydrogen) atoms. The number of hydrogen-bond acceptors (Lipinski definition) is 4. The zero-order valence-electron chi connectivity index (χ0n) is 16.6. The number of nitrogens with one attached hydrogen (secondary N) is 2. The number of unbranched alkanes of at least 4 members (excludes halogenated alkanes) is 3. The van der Waals surface area contributed by atoms with E-state index in [1.54, 1.807) is 7.11 Å². The number of nitrogens with zero attached hydrogens (tertiary/aromatic N) is 1. The number of rotatable bonds is 11. The number of guanidine groups is 1. The quantitative estimate of drug-likeness (QED) is 0.273. The van der Waals surface area contributed by atoms with Crippen molar-refractivity contribution < 1.29 is 14.3 Å². The lowest BCUT2D eigenvalue weighted by atomic mass is 10.1. The highest BCUT2D eigenvalue weighted by Crippen LogP contribution is 2.20. The van der Waals surface area contributed by atoms with Gasteiger partial charge < -0.3 is 20.1 Å². The molecule has 6 nitrogen and oxygen atoms in total. The predicted octanol–water partition coefficient (Wildman–Crippen LogP) is 3.18. The Hall–Kier alpha value is -2.24. The molecule has 0 aromatic heterocycles. The van der Waals surface area contributed by atoms with Crippen molar-refractivity contribution in [2.24, 2.45) is 4.99 Å². The summed E-state index contributed by atoms with van der Waals surface area (Å²) in [6.45, 7) is 6.34. The largest absolute Gasteiger partial charge is 0.496 e. The summed E-state index contributed by atoms with van der Waals surface area (Å²) in [6.07, 6.45) is 4.54. The standard InChI is InChI=1S/C20H33N3O3/c1-5-21-20(22-13-9-7-6-8-10-19(24)26-4)23-15-17-12-11-16(2)14-18(17)25-3/h11-12,14H,5-10,13,15H2,1-4H3,(H2,21,22,23). The van der Waals surface area contributed by atoms with Gasteiger partial charge in [-0.05, 0) is 38.3 Å². The van der Waals surface area contributed by atoms with Crippen LogP contribution in [0.15, 0.2) is 23.2 Å². The smallest absolute Gasteiger partial charge is 0.305 e. The molecule has 0 atom stereocenters. The van der Waals surface area contributed by atoms with E-state index in [9.17, 15) is 4.79 Å². The molecule has 0 heterocycles. The van der Waals surface area contributed by atoms with E-state index in [2.05, 4.69) is 39.4 Å². The monoisotopic (exact) mass is 363 g/mol. The summed E-state index contributed by atoms with van der Waals surface area (Å²) >= 11 is 0. The van der Waals surface area contributed by atoms with Crippen LogP contribution in [0, 0.1) is 6.92 Å². The molecule has 1 aromatic carbocycles. The van der Waals surface area contributed by atoms with E-state index in [1.807, 2.05) is 13.0 Å². The number of carbonyl (C=O) groups is 1. The second-order valence-corrected chi connectivity index (χ2v) is 6.18. The Morgan fingerprint density at radius 1 is 1.12 bits per heavy atom. The molecule has 0 amide bonds. The van der Waals surface area contributed by atoms with Gasteiger partial charge in [-0.15, -0.1) is 0 Å². The summed E-state index contributed by atoms with van der Waals surface area (Å²) in [4.78, 5) is 15.7. The lowest BCUT2D eigenvalue weighted by Gasteiger charge is -2.12. The van der Waals surface area contributed by atoms with Crippen molar-refractivity contribution in [2.45, 2.75) is 52.5 Å². The third-order valence-electron chi connectivity index (χ3n) is 4.02. The maximum Gasteiger partial charge on any atom is 0.305 e. The van der Waals surface area contributed by atoms with Crippen molar-refractivity contribution >= 4 is 11.9 Å². The number of aliphatic imine (C=N–C) groups is 1. The minimum absolute atomic E-state index is 0.128. The first-order valence-electron chi connectivity index (χ1n) is 9.33. The Kier molecular flexibility index (Phi) is 10.9. The third-order valence-corrected chi connectivity index (χ3v) is 4.02. The molecule has 1 aromatic rings. The molecular formula is C20H33N3O3. The average Bonchev–Trinajstić information content (AvgIpc) is 2.65. The maximum absolute atomic E-state index is 11.0.